The standard InChI is InChI=1S/C29H50O2.C28H48O2/c1-20(2)12-9-13-21(3)14-10-15-22(4)16-11-18-29(8)19-17-26-25(7)27(30)23(5)24(6)28(26)31-29;1-20(2)11-8-12-21(3)13-9-14-22(4)15-10-17-28(7)18-16-25-24(6)26(29)19-23(5)27(25)30-28/h20-22,30H,9-19H2,1-8H3;19-22,29H,8-18H2,1-7H3/t21-,22-,29-;21-,22-,28-/m11/s1. The predicted octanol–water partition coefficient (Wildman–Crippen LogP) is 17.4. The van der Waals surface area contributed by atoms with Crippen LogP contribution in [0, 0.1) is 70.1 Å². The topological polar surface area (TPSA) is 58.9 Å². The molecule has 0 aromatic heterocycles. The maximum absolute atomic E-state index is 10.4. The van der Waals surface area contributed by atoms with Gasteiger partial charge in [-0.05, 0) is 169 Å². The molecular formula is C57H98O4. The van der Waals surface area contributed by atoms with Gasteiger partial charge in [0.25, 0.3) is 0 Å². The molecule has 0 bridgehead atoms. The molecule has 0 radical (unpaired) electrons. The van der Waals surface area contributed by atoms with Gasteiger partial charge in [-0.25, -0.2) is 0 Å². The predicted molar refractivity (Wildman–Crippen MR) is 264 cm³/mol. The number of benzene rings is 2. The quantitative estimate of drug-likeness (QED) is 0.110. The molecule has 0 saturated carbocycles. The molecule has 350 valence electrons. The maximum Gasteiger partial charge on any atom is 0.127 e. The molecule has 4 rings (SSSR count). The number of rotatable bonds is 24. The van der Waals surface area contributed by atoms with E-state index in [2.05, 4.69) is 83.1 Å². The first kappa shape index (κ1) is 53.0. The fourth-order valence-corrected chi connectivity index (χ4v) is 10.3. The second-order valence-corrected chi connectivity index (χ2v) is 22.5. The summed E-state index contributed by atoms with van der Waals surface area (Å²) in [6.45, 7) is 33.8. The van der Waals surface area contributed by atoms with Crippen LogP contribution in [-0.4, -0.2) is 21.4 Å². The fourth-order valence-electron chi connectivity index (χ4n) is 10.3. The lowest BCUT2D eigenvalue weighted by atomic mass is 9.84. The van der Waals surface area contributed by atoms with Gasteiger partial charge in [-0.3, -0.25) is 0 Å². The lowest BCUT2D eigenvalue weighted by molar-refractivity contribution is 0.0509. The first-order chi connectivity index (χ1) is 28.6. The van der Waals surface area contributed by atoms with E-state index in [-0.39, 0.29) is 11.2 Å². The second kappa shape index (κ2) is 25.2. The number of phenolic OH excluding ortho intramolecular Hbond substituents is 2. The Morgan fingerprint density at radius 3 is 1.25 bits per heavy atom. The van der Waals surface area contributed by atoms with Crippen LogP contribution < -0.4 is 9.47 Å². The zero-order valence-corrected chi connectivity index (χ0v) is 42.8. The highest BCUT2D eigenvalue weighted by molar-refractivity contribution is 5.58. The number of fused-ring (bicyclic) bond motifs is 2. The molecule has 2 N–H and O–H groups in total. The van der Waals surface area contributed by atoms with Crippen molar-refractivity contribution < 1.29 is 19.7 Å². The van der Waals surface area contributed by atoms with Crippen molar-refractivity contribution in [1.29, 1.82) is 0 Å². The lowest BCUT2D eigenvalue weighted by Gasteiger charge is -2.38. The zero-order chi connectivity index (χ0) is 45.5. The smallest absolute Gasteiger partial charge is 0.127 e. The third-order valence-corrected chi connectivity index (χ3v) is 15.2. The van der Waals surface area contributed by atoms with Crippen LogP contribution in [0.5, 0.6) is 23.0 Å². The van der Waals surface area contributed by atoms with Gasteiger partial charge < -0.3 is 19.7 Å². The van der Waals surface area contributed by atoms with Gasteiger partial charge in [-0.2, -0.15) is 0 Å². The van der Waals surface area contributed by atoms with E-state index in [4.69, 9.17) is 9.47 Å². The normalized spacial score (nSPS) is 20.5. The Hall–Kier alpha value is -2.36. The number of aromatic hydroxyl groups is 2. The molecule has 0 spiro atoms. The van der Waals surface area contributed by atoms with Crippen LogP contribution >= 0.6 is 0 Å². The molecular weight excluding hydrogens is 749 g/mol. The molecule has 0 aliphatic carbocycles. The molecule has 0 fully saturated rings. The highest BCUT2D eigenvalue weighted by Gasteiger charge is 2.35. The Kier molecular flexibility index (Phi) is 21.9. The molecule has 2 heterocycles. The van der Waals surface area contributed by atoms with Crippen LogP contribution in [0.4, 0.5) is 0 Å². The minimum atomic E-state index is -0.0712. The first-order valence-electron chi connectivity index (χ1n) is 25.7. The van der Waals surface area contributed by atoms with Crippen LogP contribution in [0.25, 0.3) is 0 Å². The summed E-state index contributed by atoms with van der Waals surface area (Å²) in [7, 11) is 0. The van der Waals surface area contributed by atoms with E-state index in [9.17, 15) is 10.2 Å². The summed E-state index contributed by atoms with van der Waals surface area (Å²) in [4.78, 5) is 0. The van der Waals surface area contributed by atoms with Crippen molar-refractivity contribution in [3.63, 3.8) is 0 Å². The first-order valence-corrected chi connectivity index (χ1v) is 25.7. The molecule has 61 heavy (non-hydrogen) atoms. The molecule has 4 heteroatoms. The maximum atomic E-state index is 10.4. The van der Waals surface area contributed by atoms with Crippen molar-refractivity contribution in [3.8, 4) is 23.0 Å². The Bertz CT molecular complexity index is 1610. The molecule has 2 aliphatic rings. The average molecular weight is 847 g/mol. The van der Waals surface area contributed by atoms with E-state index in [1.54, 1.807) is 0 Å². The number of hydrogen-bond acceptors (Lipinski definition) is 4. The Labute approximate surface area is 378 Å². The van der Waals surface area contributed by atoms with Gasteiger partial charge in [0.05, 0.1) is 0 Å². The van der Waals surface area contributed by atoms with E-state index in [0.29, 0.717) is 11.5 Å². The van der Waals surface area contributed by atoms with Gasteiger partial charge in [-0.15, -0.1) is 0 Å². The molecule has 0 amide bonds. The zero-order valence-electron chi connectivity index (χ0n) is 42.8. The third kappa shape index (κ3) is 17.3. The van der Waals surface area contributed by atoms with Gasteiger partial charge in [-0.1, -0.05) is 145 Å². The van der Waals surface area contributed by atoms with Crippen molar-refractivity contribution in [1.82, 2.24) is 0 Å². The van der Waals surface area contributed by atoms with E-state index in [1.165, 1.54) is 114 Å². The van der Waals surface area contributed by atoms with Gasteiger partial charge >= 0.3 is 0 Å². The van der Waals surface area contributed by atoms with Crippen molar-refractivity contribution in [2.24, 2.45) is 35.5 Å². The van der Waals surface area contributed by atoms with Gasteiger partial charge in [0, 0.05) is 11.1 Å². The Morgan fingerprint density at radius 1 is 0.475 bits per heavy atom. The highest BCUT2D eigenvalue weighted by Crippen LogP contribution is 2.45. The number of phenols is 2. The summed E-state index contributed by atoms with van der Waals surface area (Å²) in [5.41, 5.74) is 7.43. The molecule has 2 aromatic carbocycles. The fraction of sp³-hybridized carbons (Fsp3) is 0.789. The monoisotopic (exact) mass is 847 g/mol. The molecule has 0 unspecified atom stereocenters. The van der Waals surface area contributed by atoms with Crippen LogP contribution in [0.2, 0.25) is 0 Å². The van der Waals surface area contributed by atoms with E-state index < -0.39 is 0 Å². The molecule has 6 atom stereocenters. The SMILES string of the molecule is Cc1c(C)c2c(c(C)c1O)CC[C@@](C)(CCC[C@H](C)CCC[C@H](C)CCCC(C)C)O2.Cc1cc(O)c(C)c2c1O[C@](C)(CCC[C@H](C)CCC[C@H](C)CCCC(C)C)CC2. The van der Waals surface area contributed by atoms with E-state index >= 15 is 0 Å². The number of ether oxygens (including phenoxy) is 2. The van der Waals surface area contributed by atoms with Crippen molar-refractivity contribution in [3.05, 3.63) is 45.0 Å². The molecule has 4 nitrogen and oxygen atoms in total. The minimum Gasteiger partial charge on any atom is -0.508 e. The molecule has 2 aromatic rings. The van der Waals surface area contributed by atoms with E-state index in [1.807, 2.05) is 26.8 Å². The third-order valence-electron chi connectivity index (χ3n) is 15.2. The Balaban J connectivity index is 0.000000325. The Morgan fingerprint density at radius 2 is 0.836 bits per heavy atom. The summed E-state index contributed by atoms with van der Waals surface area (Å²) in [5.74, 6) is 8.01. The summed E-state index contributed by atoms with van der Waals surface area (Å²) >= 11 is 0. The summed E-state index contributed by atoms with van der Waals surface area (Å²) < 4.78 is 13.1. The minimum absolute atomic E-state index is 0.0637. The summed E-state index contributed by atoms with van der Waals surface area (Å²) in [5, 5.41) is 20.5. The number of hydrogen-bond donors (Lipinski definition) is 2. The van der Waals surface area contributed by atoms with Crippen molar-refractivity contribution in [2.75, 3.05) is 0 Å². The summed E-state index contributed by atoms with van der Waals surface area (Å²) in [6, 6.07) is 1.85. The van der Waals surface area contributed by atoms with Gasteiger partial charge in [0.2, 0.25) is 0 Å². The van der Waals surface area contributed by atoms with E-state index in [0.717, 1.165) is 113 Å². The average Bonchev–Trinajstić information content (AvgIpc) is 3.18. The second-order valence-electron chi connectivity index (χ2n) is 22.5. The lowest BCUT2D eigenvalue weighted by Crippen LogP contribution is -2.37. The van der Waals surface area contributed by atoms with Crippen LogP contribution in [-0.2, 0) is 12.8 Å². The van der Waals surface area contributed by atoms with Crippen molar-refractivity contribution in [2.45, 2.75) is 256 Å². The molecule has 2 aliphatic heterocycles. The van der Waals surface area contributed by atoms with Crippen LogP contribution in [0.3, 0.4) is 0 Å². The summed E-state index contributed by atoms with van der Waals surface area (Å²) in [6.07, 6.45) is 28.1. The largest absolute Gasteiger partial charge is 0.508 e. The van der Waals surface area contributed by atoms with Crippen LogP contribution in [0.15, 0.2) is 6.07 Å². The van der Waals surface area contributed by atoms with Gasteiger partial charge in [0.1, 0.15) is 34.2 Å². The molecule has 0 saturated heterocycles. The van der Waals surface area contributed by atoms with Gasteiger partial charge in [0.15, 0.2) is 0 Å². The highest BCUT2D eigenvalue weighted by atomic mass is 16.5. The number of aryl methyl sites for hydroxylation is 1. The van der Waals surface area contributed by atoms with Crippen LogP contribution in [0.1, 0.15) is 237 Å². The van der Waals surface area contributed by atoms with Crippen molar-refractivity contribution >= 4 is 0 Å².